The van der Waals surface area contributed by atoms with E-state index in [1.54, 1.807) is 36.2 Å². The third-order valence-electron chi connectivity index (χ3n) is 6.57. The third kappa shape index (κ3) is 5.96. The van der Waals surface area contributed by atoms with E-state index in [0.29, 0.717) is 37.9 Å². The number of nitrogens with one attached hydrogen (secondary N) is 1. The maximum Gasteiger partial charge on any atom is 0.267 e. The Morgan fingerprint density at radius 1 is 1.16 bits per heavy atom. The molecule has 3 N–H and O–H groups in total. The standard InChI is InChI=1S/C27H31FN4O5/c1-17(16-33)30-26(36)23-25(35)24-21(14-19(15-29-24)13-18-6-8-20(28)9-7-18)32(27(23)37)12-4-11-31-10-3-2-5-22(31)34/h6-9,14-15,17,33,35H,2-5,10-13,16H2,1H3,(H,30,36). The Morgan fingerprint density at radius 3 is 2.62 bits per heavy atom. The van der Waals surface area contributed by atoms with Gasteiger partial charge in [0.15, 0.2) is 5.75 Å². The molecule has 1 aliphatic heterocycles. The van der Waals surface area contributed by atoms with Gasteiger partial charge in [-0.1, -0.05) is 12.1 Å². The minimum absolute atomic E-state index is 0.0930. The lowest BCUT2D eigenvalue weighted by Gasteiger charge is -2.27. The van der Waals surface area contributed by atoms with Gasteiger partial charge in [-0.05, 0) is 61.9 Å². The van der Waals surface area contributed by atoms with E-state index in [2.05, 4.69) is 10.3 Å². The van der Waals surface area contributed by atoms with Gasteiger partial charge in [0.1, 0.15) is 16.9 Å². The molecule has 4 rings (SSSR count). The quantitative estimate of drug-likeness (QED) is 0.406. The SMILES string of the molecule is CC(CO)NC(=O)c1c(O)c2ncc(Cc3ccc(F)cc3)cc2n(CCCN2CCCCC2=O)c1=O. The zero-order valence-corrected chi connectivity index (χ0v) is 20.7. The largest absolute Gasteiger partial charge is 0.505 e. The summed E-state index contributed by atoms with van der Waals surface area (Å²) in [5.74, 6) is -1.58. The Bertz CT molecular complexity index is 1360. The fourth-order valence-electron chi connectivity index (χ4n) is 4.57. The maximum atomic E-state index is 13.5. The summed E-state index contributed by atoms with van der Waals surface area (Å²) in [7, 11) is 0. The van der Waals surface area contributed by atoms with Crippen LogP contribution in [0.1, 0.15) is 54.1 Å². The number of aliphatic hydroxyl groups excluding tert-OH is 1. The molecule has 0 spiro atoms. The number of fused-ring (bicyclic) bond motifs is 1. The summed E-state index contributed by atoms with van der Waals surface area (Å²) < 4.78 is 14.7. The number of aromatic nitrogens is 2. The molecule has 196 valence electrons. The molecule has 2 aromatic heterocycles. The smallest absolute Gasteiger partial charge is 0.267 e. The summed E-state index contributed by atoms with van der Waals surface area (Å²) in [6, 6.07) is 7.17. The molecule has 0 saturated carbocycles. The molecule has 3 heterocycles. The number of piperidine rings is 1. The van der Waals surface area contributed by atoms with Crippen LogP contribution in [0.2, 0.25) is 0 Å². The summed E-state index contributed by atoms with van der Waals surface area (Å²) in [5, 5.41) is 22.7. The van der Waals surface area contributed by atoms with Crippen molar-refractivity contribution >= 4 is 22.8 Å². The Hall–Kier alpha value is -3.79. The highest BCUT2D eigenvalue weighted by Gasteiger charge is 2.25. The van der Waals surface area contributed by atoms with Gasteiger partial charge >= 0.3 is 0 Å². The van der Waals surface area contributed by atoms with Crippen LogP contribution in [-0.2, 0) is 17.8 Å². The first-order valence-corrected chi connectivity index (χ1v) is 12.5. The van der Waals surface area contributed by atoms with Crippen LogP contribution in [0.3, 0.4) is 0 Å². The predicted molar refractivity (Wildman–Crippen MR) is 136 cm³/mol. The first-order chi connectivity index (χ1) is 17.8. The van der Waals surface area contributed by atoms with Crippen LogP contribution in [0, 0.1) is 5.82 Å². The van der Waals surface area contributed by atoms with Crippen LogP contribution in [-0.4, -0.2) is 62.2 Å². The zero-order valence-electron chi connectivity index (χ0n) is 20.7. The second kappa shape index (κ2) is 11.5. The zero-order chi connectivity index (χ0) is 26.5. The van der Waals surface area contributed by atoms with Crippen molar-refractivity contribution in [2.75, 3.05) is 19.7 Å². The molecule has 9 nitrogen and oxygen atoms in total. The van der Waals surface area contributed by atoms with E-state index < -0.39 is 28.8 Å². The van der Waals surface area contributed by atoms with Crippen molar-refractivity contribution in [3.05, 3.63) is 69.4 Å². The van der Waals surface area contributed by atoms with Crippen molar-refractivity contribution in [1.82, 2.24) is 19.8 Å². The fourth-order valence-corrected chi connectivity index (χ4v) is 4.57. The monoisotopic (exact) mass is 510 g/mol. The lowest BCUT2D eigenvalue weighted by molar-refractivity contribution is -0.133. The summed E-state index contributed by atoms with van der Waals surface area (Å²) >= 11 is 0. The number of amides is 2. The number of carbonyl (C=O) groups excluding carboxylic acids is 2. The van der Waals surface area contributed by atoms with Gasteiger partial charge in [-0.3, -0.25) is 19.4 Å². The van der Waals surface area contributed by atoms with E-state index in [0.717, 1.165) is 24.0 Å². The van der Waals surface area contributed by atoms with Gasteiger partial charge in [0.2, 0.25) is 5.91 Å². The topological polar surface area (TPSA) is 125 Å². The number of aryl methyl sites for hydroxylation is 1. The first kappa shape index (κ1) is 26.3. The van der Waals surface area contributed by atoms with Crippen LogP contribution in [0.25, 0.3) is 11.0 Å². The summed E-state index contributed by atoms with van der Waals surface area (Å²) in [6.45, 7) is 2.60. The number of rotatable bonds is 9. The molecule has 1 aromatic carbocycles. The Morgan fingerprint density at radius 2 is 1.92 bits per heavy atom. The molecule has 10 heteroatoms. The highest BCUT2D eigenvalue weighted by Crippen LogP contribution is 2.26. The lowest BCUT2D eigenvalue weighted by Crippen LogP contribution is -2.40. The number of hydrogen-bond acceptors (Lipinski definition) is 6. The van der Waals surface area contributed by atoms with E-state index in [1.807, 2.05) is 0 Å². The van der Waals surface area contributed by atoms with E-state index >= 15 is 0 Å². The van der Waals surface area contributed by atoms with Crippen LogP contribution in [0.15, 0.2) is 41.3 Å². The van der Waals surface area contributed by atoms with Crippen LogP contribution >= 0.6 is 0 Å². The minimum atomic E-state index is -0.803. The van der Waals surface area contributed by atoms with Crippen LogP contribution in [0.5, 0.6) is 5.75 Å². The summed E-state index contributed by atoms with van der Waals surface area (Å²) in [5.41, 5.74) is 0.915. The van der Waals surface area contributed by atoms with Gasteiger partial charge in [-0.2, -0.15) is 0 Å². The highest BCUT2D eigenvalue weighted by molar-refractivity contribution is 6.01. The predicted octanol–water partition coefficient (Wildman–Crippen LogP) is 2.35. The van der Waals surface area contributed by atoms with Crippen molar-refractivity contribution in [3.8, 4) is 5.75 Å². The van der Waals surface area contributed by atoms with Crippen molar-refractivity contribution in [2.45, 2.75) is 51.6 Å². The minimum Gasteiger partial charge on any atom is -0.505 e. The van der Waals surface area contributed by atoms with Gasteiger partial charge in [0.25, 0.3) is 11.5 Å². The highest BCUT2D eigenvalue weighted by atomic mass is 19.1. The molecular formula is C27H31FN4O5. The summed E-state index contributed by atoms with van der Waals surface area (Å²) in [6.07, 6.45) is 4.79. The molecule has 0 radical (unpaired) electrons. The van der Waals surface area contributed by atoms with Crippen molar-refractivity contribution < 1.29 is 24.2 Å². The number of pyridine rings is 2. The molecule has 2 amide bonds. The molecule has 0 bridgehead atoms. The molecule has 1 atom stereocenters. The number of hydrogen-bond donors (Lipinski definition) is 3. The molecule has 1 fully saturated rings. The maximum absolute atomic E-state index is 13.5. The molecule has 3 aromatic rings. The second-order valence-electron chi connectivity index (χ2n) is 9.44. The lowest BCUT2D eigenvalue weighted by atomic mass is 10.0. The number of nitrogens with zero attached hydrogens (tertiary/aromatic N) is 3. The molecule has 1 saturated heterocycles. The van der Waals surface area contributed by atoms with Gasteiger partial charge in [-0.15, -0.1) is 0 Å². The third-order valence-corrected chi connectivity index (χ3v) is 6.57. The van der Waals surface area contributed by atoms with Gasteiger partial charge in [0.05, 0.1) is 12.1 Å². The molecule has 37 heavy (non-hydrogen) atoms. The van der Waals surface area contributed by atoms with Crippen molar-refractivity contribution in [1.29, 1.82) is 0 Å². The second-order valence-corrected chi connectivity index (χ2v) is 9.44. The number of carbonyl (C=O) groups is 2. The molecule has 1 unspecified atom stereocenters. The van der Waals surface area contributed by atoms with Crippen LogP contribution in [0.4, 0.5) is 4.39 Å². The number of halogens is 1. The van der Waals surface area contributed by atoms with E-state index in [-0.39, 0.29) is 30.4 Å². The average molecular weight is 511 g/mol. The van der Waals surface area contributed by atoms with Crippen LogP contribution < -0.4 is 10.9 Å². The van der Waals surface area contributed by atoms with Gasteiger partial charge in [0, 0.05) is 38.3 Å². The molecule has 0 aliphatic carbocycles. The number of aromatic hydroxyl groups is 1. The van der Waals surface area contributed by atoms with E-state index in [4.69, 9.17) is 0 Å². The Kier molecular flexibility index (Phi) is 8.17. The molecular weight excluding hydrogens is 479 g/mol. The average Bonchev–Trinajstić information content (AvgIpc) is 2.88. The number of likely N-dealkylation sites (tertiary alicyclic amines) is 1. The molecule has 1 aliphatic rings. The van der Waals surface area contributed by atoms with Crippen molar-refractivity contribution in [3.63, 3.8) is 0 Å². The van der Waals surface area contributed by atoms with Crippen molar-refractivity contribution in [2.24, 2.45) is 0 Å². The first-order valence-electron chi connectivity index (χ1n) is 12.5. The normalized spacial score (nSPS) is 14.7. The van der Waals surface area contributed by atoms with Gasteiger partial charge < -0.3 is 25.0 Å². The number of aliphatic hydroxyl groups is 1. The fraction of sp³-hybridized carbons (Fsp3) is 0.407. The van der Waals surface area contributed by atoms with E-state index in [9.17, 15) is 29.0 Å². The Balaban J connectivity index is 1.72. The summed E-state index contributed by atoms with van der Waals surface area (Å²) in [4.78, 5) is 44.7. The number of benzene rings is 1. The Labute approximate surface area is 213 Å². The van der Waals surface area contributed by atoms with Gasteiger partial charge in [-0.25, -0.2) is 4.39 Å². The van der Waals surface area contributed by atoms with E-state index in [1.165, 1.54) is 16.7 Å².